The Morgan fingerprint density at radius 2 is 0.608 bits per heavy atom. The van der Waals surface area contributed by atoms with Gasteiger partial charge < -0.3 is 54.9 Å². The second kappa shape index (κ2) is 157. The van der Waals surface area contributed by atoms with Crippen LogP contribution in [0.3, 0.4) is 0 Å². The van der Waals surface area contributed by atoms with Crippen LogP contribution in [-0.4, -0.2) is 131 Å². The van der Waals surface area contributed by atoms with Gasteiger partial charge in [-0.1, -0.05) is 372 Å². The Balaban J connectivity index is -0.0000000464. The van der Waals surface area contributed by atoms with Gasteiger partial charge in [0.2, 0.25) is 29.5 Å². The maximum Gasteiger partial charge on any atom is 0.325 e. The third-order valence-corrected chi connectivity index (χ3v) is 20.8. The van der Waals surface area contributed by atoms with E-state index in [0.717, 1.165) is 90.4 Å². The average molecular weight is 3710 g/mol. The molecule has 3 unspecified atom stereocenters. The fourth-order valence-electron chi connectivity index (χ4n) is 12.8. The number of methoxy groups -OCH3 is 2. The molecule has 0 aromatic carbocycles. The number of carbonyl (C=O) groups excluding carboxylic acids is 6. The summed E-state index contributed by atoms with van der Waals surface area (Å²) in [6, 6.07) is -0.637. The zero-order valence-electron chi connectivity index (χ0n) is 79.5. The van der Waals surface area contributed by atoms with Gasteiger partial charge in [-0.3, -0.25) is 37.9 Å². The van der Waals surface area contributed by atoms with Crippen LogP contribution in [0.4, 0.5) is 0 Å². The number of amides is 5. The van der Waals surface area contributed by atoms with Crippen LogP contribution in [0.2, 0.25) is 0 Å². The fourth-order valence-corrected chi connectivity index (χ4v) is 13.7. The van der Waals surface area contributed by atoms with Crippen LogP contribution in [0.15, 0.2) is 0 Å². The molecule has 2 aliphatic rings. The van der Waals surface area contributed by atoms with Gasteiger partial charge in [-0.05, 0) is 139 Å². The van der Waals surface area contributed by atoms with Crippen LogP contribution >= 0.6 is 15.2 Å². The Kier molecular flexibility index (Phi) is 248. The molecule has 0 aliphatic heterocycles. The molecule has 2 saturated carbocycles. The van der Waals surface area contributed by atoms with E-state index in [0.29, 0.717) is 113 Å². The van der Waals surface area contributed by atoms with E-state index in [1.165, 1.54) is 205 Å². The first-order chi connectivity index (χ1) is 52.8. The normalized spacial score (nSPS) is 12.3. The monoisotopic (exact) mass is 3710 g/mol. The van der Waals surface area contributed by atoms with Gasteiger partial charge in [0.15, 0.2) is 0 Å². The van der Waals surface area contributed by atoms with Gasteiger partial charge in [-0.25, -0.2) is 0 Å². The third-order valence-electron chi connectivity index (χ3n) is 19.5. The Morgan fingerprint density at radius 3 is 0.923 bits per heavy atom. The van der Waals surface area contributed by atoms with E-state index in [9.17, 15) is 42.8 Å². The Bertz CT molecular complexity index is 2140. The van der Waals surface area contributed by atoms with Crippen LogP contribution in [0.1, 0.15) is 526 Å². The van der Waals surface area contributed by atoms with Crippen molar-refractivity contribution in [2.24, 2.45) is 16.7 Å². The minimum absolute atomic E-state index is 0. The van der Waals surface area contributed by atoms with Gasteiger partial charge in [0.05, 0.1) is 19.8 Å². The molecule has 7 N–H and O–H groups in total. The van der Waals surface area contributed by atoms with Crippen molar-refractivity contribution < 1.29 is 315 Å². The molecule has 788 valence electrons. The number of carbonyl (C=O) groups is 6. The predicted molar refractivity (Wildman–Crippen MR) is 549 cm³/mol. The van der Waals surface area contributed by atoms with Crippen molar-refractivity contribution >= 4 is 50.5 Å². The summed E-state index contributed by atoms with van der Waals surface area (Å²) in [7, 11) is -3.60. The van der Waals surface area contributed by atoms with Crippen molar-refractivity contribution in [3.63, 3.8) is 0 Å². The van der Waals surface area contributed by atoms with Crippen LogP contribution in [0.5, 0.6) is 0 Å². The summed E-state index contributed by atoms with van der Waals surface area (Å²) in [5.41, 5.74) is 1.20. The minimum atomic E-state index is -3.49. The number of ether oxygens (including phenoxy) is 2. The summed E-state index contributed by atoms with van der Waals surface area (Å²) in [6.45, 7) is 35.4. The Labute approximate surface area is 1010 Å². The van der Waals surface area contributed by atoms with E-state index >= 15 is 0 Å². The van der Waals surface area contributed by atoms with Gasteiger partial charge >= 0.3 is 15.2 Å². The second-order valence-electron chi connectivity index (χ2n) is 31.2. The first kappa shape index (κ1) is 205. The number of hydrogen-bond acceptors (Lipinski definition) is 12. The average Bonchev–Trinajstić information content (AvgIpc) is 0.870. The van der Waals surface area contributed by atoms with E-state index in [1.807, 2.05) is 55.4 Å². The zero-order valence-corrected chi connectivity index (χ0v) is 115. The first-order valence-electron chi connectivity index (χ1n) is 45.5. The molecule has 29 heteroatoms. The molecular weight excluding hydrogens is 3470 g/mol. The van der Waals surface area contributed by atoms with Crippen LogP contribution in [0, 0.1) is 266 Å². The van der Waals surface area contributed by atoms with Crippen molar-refractivity contribution in [1.82, 2.24) is 26.6 Å². The molecule has 2 fully saturated rings. The van der Waals surface area contributed by atoms with Gasteiger partial charge in [0.1, 0.15) is 11.8 Å². The fraction of sp³-hybridized carbons (Fsp3) is 0.941. The van der Waals surface area contributed by atoms with Gasteiger partial charge in [0.25, 0.3) is 0 Å². The molecule has 0 aromatic rings. The maximum atomic E-state index is 12.8. The summed E-state index contributed by atoms with van der Waals surface area (Å²) in [4.78, 5) is 90.8. The third kappa shape index (κ3) is 173. The molecule has 0 aromatic heterocycles. The minimum Gasteiger partial charge on any atom is -0.385 e. The van der Waals surface area contributed by atoms with E-state index in [1.54, 1.807) is 14.2 Å². The Morgan fingerprint density at radius 1 is 0.338 bits per heavy atom. The predicted octanol–water partition coefficient (Wildman–Crippen LogP) is 31.6. The first-order valence-corrected chi connectivity index (χ1v) is 49.6. The zero-order chi connectivity index (χ0) is 84.1. The maximum absolute atomic E-state index is 12.8. The van der Waals surface area contributed by atoms with Crippen LogP contribution in [0.25, 0.3) is 0 Å². The van der Waals surface area contributed by atoms with Gasteiger partial charge in [0, 0.05) is 341 Å². The summed E-state index contributed by atoms with van der Waals surface area (Å²) >= 11 is 0. The van der Waals surface area contributed by atoms with E-state index < -0.39 is 21.2 Å². The Hall–Kier alpha value is 5.66. The van der Waals surface area contributed by atoms with E-state index in [4.69, 9.17) is 23.4 Å². The molecule has 3 atom stereocenters. The number of hydrogen-bond donors (Lipinski definition) is 7. The largest absolute Gasteiger partial charge is 0.385 e. The second-order valence-corrected chi connectivity index (χ2v) is 35.0. The molecule has 0 radical (unpaired) electrons. The summed E-state index contributed by atoms with van der Waals surface area (Å²) < 4.78 is 41.6. The molecule has 2 rings (SSSR count). The van der Waals surface area contributed by atoms with Crippen molar-refractivity contribution in [2.45, 2.75) is 532 Å². The van der Waals surface area contributed by atoms with Crippen LogP contribution in [-0.2, 0) is 56.4 Å². The van der Waals surface area contributed by atoms with E-state index in [-0.39, 0.29) is 387 Å². The topological polar surface area (TPSA) is 274 Å². The standard InChI is InChI=1S/C34H68N3O7P.C25H48O.C14H29N2O6P.C8H16.4C2H6.12CH4.8U/c1-4-5-6-7-8-9-10-11-12-13-14-15-17-25-32(38)35-27-20-19-24-31(37-33(39)26-18-16-22-29-43-2)34(40)36-28-21-23-30-44-45(3,41)42;1-4-5-6-7-8-9-10-11-12-13-14-15-16-17-24(26)22-23-18-20-25(2,3)21-19-23;1-21-10-6-3-4-8-13(17)16-12-14(18)15-9-5-7-11-22-23(2,19)20;1-8(2)6-4-3-5-7-8;4*1-2;;;;;;;;;;;;;;;;;;;;/h31H,4-30H2,1-3H3,(H,35,38)(H,36,40)(H,37,39)(H,41,42);23H,4-22H2,1-3H3;3-12H2,1-2H3,(H,15,18)(H,16,17)(H,19,20);3-7H2,1-2H3;4*1-2H3;12*1H4;;;;;;;;. The molecule has 0 spiro atoms. The van der Waals surface area contributed by atoms with Crippen molar-refractivity contribution in [3.05, 3.63) is 0 Å². The molecule has 130 heavy (non-hydrogen) atoms. The molecular formula is C101H233N5O14P2U8. The van der Waals surface area contributed by atoms with Crippen molar-refractivity contribution in [2.75, 3.05) is 80.2 Å². The van der Waals surface area contributed by atoms with Crippen molar-refractivity contribution in [1.29, 1.82) is 0 Å². The smallest absolute Gasteiger partial charge is 0.325 e. The molecule has 19 nitrogen and oxygen atoms in total. The molecule has 0 saturated heterocycles. The summed E-state index contributed by atoms with van der Waals surface area (Å²) in [5, 5.41) is 14.0. The quantitative estimate of drug-likeness (QED) is 0.0220. The van der Waals surface area contributed by atoms with Gasteiger partial charge in [-0.2, -0.15) is 0 Å². The number of unbranched alkanes of at least 4 members (excludes halogenated alkanes) is 31. The number of rotatable bonds is 63. The van der Waals surface area contributed by atoms with Crippen molar-refractivity contribution in [3.8, 4) is 0 Å². The van der Waals surface area contributed by atoms with Crippen LogP contribution < -0.4 is 26.6 Å². The number of ketones is 1. The number of Topliss-reactive ketones (excluding diaryl/α,β-unsaturated/α-hetero) is 1. The van der Waals surface area contributed by atoms with Gasteiger partial charge in [-0.15, -0.1) is 0 Å². The molecule has 5 amide bonds. The SMILES string of the molecule is C.C.C.C.C.C.C.C.C.C.C.C.CC.CC.CC.CC.CC1(C)CCCCC1.CCCCCCCCCCCCCCCC(=O)CC1CCC(C)(C)CC1.CCCCCCCCCCCCCCCC(=O)NCCCCC(NC(=O)CCCCCOC)C(=O)NCCCCOP(C)(=O)O.COCCCCCC(=O)NCC(=O)NCCCCOP(C)(=O)O.[U].[U].[U].[U].[U].[U].[U].[U]. The van der Waals surface area contributed by atoms with E-state index in [2.05, 4.69) is 68.1 Å². The molecule has 2 aliphatic carbocycles. The number of nitrogens with one attached hydrogen (secondary N) is 5. The summed E-state index contributed by atoms with van der Waals surface area (Å²) in [5.74, 6) is 0.552. The summed E-state index contributed by atoms with van der Waals surface area (Å²) in [6.07, 6.45) is 59.5. The molecule has 0 heterocycles. The molecule has 0 bridgehead atoms.